The Morgan fingerprint density at radius 1 is 1.30 bits per heavy atom. The van der Waals surface area contributed by atoms with Crippen molar-refractivity contribution in [3.8, 4) is 0 Å². The number of aromatic nitrogens is 2. The van der Waals surface area contributed by atoms with Crippen molar-refractivity contribution in [1.82, 2.24) is 19.8 Å². The average molecular weight is 312 g/mol. The number of piperidine rings is 1. The van der Waals surface area contributed by atoms with Gasteiger partial charge in [-0.05, 0) is 24.9 Å². The Morgan fingerprint density at radius 2 is 2.13 bits per heavy atom. The molecule has 122 valence electrons. The number of hydrogen-bond acceptors (Lipinski definition) is 3. The standard InChI is InChI=1S/C18H24N4O/c1-15(23)20-17-8-5-10-21(13-17)14-18-19-9-11-22(18)12-16-6-3-2-4-7-16/h2-4,6-7,9,11,17H,5,8,10,12-14H2,1H3,(H,20,23). The first kappa shape index (κ1) is 15.7. The van der Waals surface area contributed by atoms with Gasteiger partial charge < -0.3 is 9.88 Å². The van der Waals surface area contributed by atoms with Crippen molar-refractivity contribution in [2.24, 2.45) is 0 Å². The van der Waals surface area contributed by atoms with Crippen LogP contribution in [0.1, 0.15) is 31.2 Å². The van der Waals surface area contributed by atoms with E-state index >= 15 is 0 Å². The number of nitrogens with one attached hydrogen (secondary N) is 1. The summed E-state index contributed by atoms with van der Waals surface area (Å²) >= 11 is 0. The number of likely N-dealkylation sites (tertiary alicyclic amines) is 1. The number of nitrogens with zero attached hydrogens (tertiary/aromatic N) is 3. The molecular weight excluding hydrogens is 288 g/mol. The van der Waals surface area contributed by atoms with E-state index in [0.29, 0.717) is 0 Å². The maximum Gasteiger partial charge on any atom is 0.217 e. The molecule has 3 rings (SSSR count). The molecule has 0 radical (unpaired) electrons. The first-order valence-electron chi connectivity index (χ1n) is 8.24. The predicted octanol–water partition coefficient (Wildman–Crippen LogP) is 2.03. The second-order valence-electron chi connectivity index (χ2n) is 6.23. The van der Waals surface area contributed by atoms with Crippen LogP contribution in [0.25, 0.3) is 0 Å². The molecule has 0 saturated carbocycles. The maximum absolute atomic E-state index is 11.2. The first-order chi connectivity index (χ1) is 11.2. The van der Waals surface area contributed by atoms with Crippen LogP contribution in [0.4, 0.5) is 0 Å². The van der Waals surface area contributed by atoms with Crippen LogP contribution in [0.2, 0.25) is 0 Å². The summed E-state index contributed by atoms with van der Waals surface area (Å²) < 4.78 is 2.21. The average Bonchev–Trinajstić information content (AvgIpc) is 2.95. The molecule has 1 aliphatic rings. The lowest BCUT2D eigenvalue weighted by Gasteiger charge is -2.32. The lowest BCUT2D eigenvalue weighted by molar-refractivity contribution is -0.120. The van der Waals surface area contributed by atoms with Crippen molar-refractivity contribution in [3.63, 3.8) is 0 Å². The minimum absolute atomic E-state index is 0.0578. The Balaban J connectivity index is 1.62. The van der Waals surface area contributed by atoms with Crippen molar-refractivity contribution in [2.75, 3.05) is 13.1 Å². The summed E-state index contributed by atoms with van der Waals surface area (Å²) in [5.74, 6) is 1.14. The van der Waals surface area contributed by atoms with Gasteiger partial charge >= 0.3 is 0 Å². The summed E-state index contributed by atoms with van der Waals surface area (Å²) in [6.45, 7) is 5.23. The number of imidazole rings is 1. The maximum atomic E-state index is 11.2. The molecule has 1 atom stereocenters. The molecule has 2 heterocycles. The highest BCUT2D eigenvalue weighted by Crippen LogP contribution is 2.14. The lowest BCUT2D eigenvalue weighted by Crippen LogP contribution is -2.47. The van der Waals surface area contributed by atoms with E-state index in [1.807, 2.05) is 18.5 Å². The van der Waals surface area contributed by atoms with E-state index in [1.54, 1.807) is 6.92 Å². The lowest BCUT2D eigenvalue weighted by atomic mass is 10.1. The van der Waals surface area contributed by atoms with Crippen molar-refractivity contribution >= 4 is 5.91 Å². The van der Waals surface area contributed by atoms with Gasteiger partial charge in [-0.2, -0.15) is 0 Å². The Bertz CT molecular complexity index is 637. The Kier molecular flexibility index (Phi) is 5.08. The SMILES string of the molecule is CC(=O)NC1CCCN(Cc2nccn2Cc2ccccc2)C1. The van der Waals surface area contributed by atoms with Gasteiger partial charge in [0.1, 0.15) is 5.82 Å². The molecule has 1 aromatic carbocycles. The van der Waals surface area contributed by atoms with Gasteiger partial charge in [0.25, 0.3) is 0 Å². The topological polar surface area (TPSA) is 50.2 Å². The van der Waals surface area contributed by atoms with Gasteiger partial charge in [-0.3, -0.25) is 9.69 Å². The van der Waals surface area contributed by atoms with Crippen LogP contribution in [0, 0.1) is 0 Å². The van der Waals surface area contributed by atoms with E-state index in [4.69, 9.17) is 0 Å². The highest BCUT2D eigenvalue weighted by atomic mass is 16.1. The molecule has 23 heavy (non-hydrogen) atoms. The van der Waals surface area contributed by atoms with Gasteiger partial charge in [0.2, 0.25) is 5.91 Å². The van der Waals surface area contributed by atoms with Crippen molar-refractivity contribution in [3.05, 3.63) is 54.1 Å². The summed E-state index contributed by atoms with van der Waals surface area (Å²) in [6.07, 6.45) is 6.09. The summed E-state index contributed by atoms with van der Waals surface area (Å²) in [6, 6.07) is 10.7. The molecule has 5 heteroatoms. The highest BCUT2D eigenvalue weighted by molar-refractivity contribution is 5.73. The molecule has 1 unspecified atom stereocenters. The van der Waals surface area contributed by atoms with Crippen molar-refractivity contribution < 1.29 is 4.79 Å². The van der Waals surface area contributed by atoms with E-state index in [9.17, 15) is 4.79 Å². The van der Waals surface area contributed by atoms with Gasteiger partial charge in [0.05, 0.1) is 6.54 Å². The van der Waals surface area contributed by atoms with E-state index in [-0.39, 0.29) is 11.9 Å². The van der Waals surface area contributed by atoms with Crippen LogP contribution in [0.15, 0.2) is 42.7 Å². The molecule has 1 N–H and O–H groups in total. The molecule has 1 aromatic heterocycles. The molecule has 2 aromatic rings. The number of carbonyl (C=O) groups excluding carboxylic acids is 1. The van der Waals surface area contributed by atoms with Crippen LogP contribution < -0.4 is 5.32 Å². The van der Waals surface area contributed by atoms with Crippen molar-refractivity contribution in [2.45, 2.75) is 38.9 Å². The molecule has 1 saturated heterocycles. The van der Waals surface area contributed by atoms with E-state index in [0.717, 1.165) is 44.8 Å². The number of rotatable bonds is 5. The Hall–Kier alpha value is -2.14. The summed E-state index contributed by atoms with van der Waals surface area (Å²) in [5.41, 5.74) is 1.28. The minimum Gasteiger partial charge on any atom is -0.352 e. The predicted molar refractivity (Wildman–Crippen MR) is 89.9 cm³/mol. The fourth-order valence-electron chi connectivity index (χ4n) is 3.22. The second-order valence-corrected chi connectivity index (χ2v) is 6.23. The molecule has 0 bridgehead atoms. The van der Waals surface area contributed by atoms with Gasteiger partial charge in [-0.1, -0.05) is 30.3 Å². The number of hydrogen-bond donors (Lipinski definition) is 1. The van der Waals surface area contributed by atoms with Gasteiger partial charge in [-0.25, -0.2) is 4.98 Å². The second kappa shape index (κ2) is 7.42. The zero-order valence-electron chi connectivity index (χ0n) is 13.6. The number of carbonyl (C=O) groups is 1. The molecule has 1 fully saturated rings. The molecule has 5 nitrogen and oxygen atoms in total. The number of amides is 1. The first-order valence-corrected chi connectivity index (χ1v) is 8.24. The van der Waals surface area contributed by atoms with E-state index in [2.05, 4.69) is 44.0 Å². The molecule has 0 aliphatic carbocycles. The van der Waals surface area contributed by atoms with Crippen LogP contribution in [-0.4, -0.2) is 39.5 Å². The largest absolute Gasteiger partial charge is 0.352 e. The smallest absolute Gasteiger partial charge is 0.217 e. The van der Waals surface area contributed by atoms with Crippen LogP contribution in [0.5, 0.6) is 0 Å². The van der Waals surface area contributed by atoms with E-state index < -0.39 is 0 Å². The third-order valence-corrected chi connectivity index (χ3v) is 4.28. The van der Waals surface area contributed by atoms with Crippen LogP contribution in [0.3, 0.4) is 0 Å². The monoisotopic (exact) mass is 312 g/mol. The molecule has 1 amide bonds. The van der Waals surface area contributed by atoms with Crippen LogP contribution in [-0.2, 0) is 17.9 Å². The fraction of sp³-hybridized carbons (Fsp3) is 0.444. The summed E-state index contributed by atoms with van der Waals surface area (Å²) in [4.78, 5) is 18.2. The van der Waals surface area contributed by atoms with Crippen molar-refractivity contribution in [1.29, 1.82) is 0 Å². The van der Waals surface area contributed by atoms with Gasteiger partial charge in [0.15, 0.2) is 0 Å². The normalized spacial score (nSPS) is 18.7. The highest BCUT2D eigenvalue weighted by Gasteiger charge is 2.21. The van der Waals surface area contributed by atoms with E-state index in [1.165, 1.54) is 5.56 Å². The third-order valence-electron chi connectivity index (χ3n) is 4.28. The van der Waals surface area contributed by atoms with Gasteiger partial charge in [-0.15, -0.1) is 0 Å². The summed E-state index contributed by atoms with van der Waals surface area (Å²) in [5, 5.41) is 3.04. The fourth-order valence-corrected chi connectivity index (χ4v) is 3.22. The molecule has 1 aliphatic heterocycles. The Morgan fingerprint density at radius 3 is 2.91 bits per heavy atom. The minimum atomic E-state index is 0.0578. The quantitative estimate of drug-likeness (QED) is 0.919. The Labute approximate surface area is 137 Å². The number of benzene rings is 1. The zero-order chi connectivity index (χ0) is 16.1. The molecular formula is C18H24N4O. The molecule has 0 spiro atoms. The van der Waals surface area contributed by atoms with Crippen LogP contribution >= 0.6 is 0 Å². The van der Waals surface area contributed by atoms with Gasteiger partial charge in [0, 0.05) is 38.4 Å². The summed E-state index contributed by atoms with van der Waals surface area (Å²) in [7, 11) is 0. The third kappa shape index (κ3) is 4.42. The zero-order valence-corrected chi connectivity index (χ0v) is 13.6.